The van der Waals surface area contributed by atoms with Crippen LogP contribution in [0.2, 0.25) is 0 Å². The van der Waals surface area contributed by atoms with Crippen molar-refractivity contribution in [1.82, 2.24) is 0 Å². The molecule has 0 amide bonds. The van der Waals surface area contributed by atoms with Crippen molar-refractivity contribution in [3.05, 3.63) is 255 Å². The van der Waals surface area contributed by atoms with Crippen LogP contribution in [0, 0.1) is 0 Å². The topological polar surface area (TPSA) is 24.9 Å². The van der Waals surface area contributed by atoms with Crippen LogP contribution < -0.4 is 19.3 Å². The maximum absolute atomic E-state index is 7.05. The van der Waals surface area contributed by atoms with Crippen LogP contribution >= 0.6 is 0 Å². The Morgan fingerprint density at radius 2 is 0.548 bits per heavy atom. The fraction of sp³-hybridized carbons (Fsp3) is 0. The Morgan fingerprint density at radius 1 is 0.202 bits per heavy atom. The van der Waals surface area contributed by atoms with Crippen LogP contribution in [-0.4, -0.2) is 29.0 Å². The molecule has 6 heteroatoms. The Hall–Kier alpha value is -9.90. The van der Waals surface area contributed by atoms with Gasteiger partial charge in [-0.25, -0.2) is 0 Å². The van der Waals surface area contributed by atoms with Crippen molar-refractivity contribution < 1.29 is 9.47 Å². The number of hydrogen-bond acceptors (Lipinski definition) is 4. The summed E-state index contributed by atoms with van der Waals surface area (Å²) < 4.78 is 19.7. The van der Waals surface area contributed by atoms with Crippen LogP contribution in [0.3, 0.4) is 0 Å². The van der Waals surface area contributed by atoms with Crippen LogP contribution in [-0.2, 0) is 0 Å². The summed E-state index contributed by atoms with van der Waals surface area (Å²) in [5.41, 5.74) is 6.40. The third-order valence-electron chi connectivity index (χ3n) is 18.3. The average molecular weight is 1200 g/mol. The van der Waals surface area contributed by atoms with Crippen molar-refractivity contribution >= 4 is 199 Å². The summed E-state index contributed by atoms with van der Waals surface area (Å²) in [6.45, 7) is 0. The van der Waals surface area contributed by atoms with Crippen molar-refractivity contribution in [3.63, 3.8) is 0 Å². The van der Waals surface area contributed by atoms with Gasteiger partial charge in [0.1, 0.15) is 0 Å². The number of benzene rings is 16. The summed E-state index contributed by atoms with van der Waals surface area (Å²) in [4.78, 5) is 4.97. The zero-order valence-electron chi connectivity index (χ0n) is 44.8. The van der Waals surface area contributed by atoms with Gasteiger partial charge in [-0.2, -0.15) is 0 Å². The number of nitrogens with zero attached hydrogens (tertiary/aromatic N) is 2. The molecule has 18 aromatic rings. The minimum atomic E-state index is 0.0917. The quantitative estimate of drug-likeness (QED) is 0.127. The van der Waals surface area contributed by atoms with Crippen LogP contribution in [0.1, 0.15) is 0 Å². The third-order valence-corrected chi connectivity index (χ3v) is 23.0. The van der Waals surface area contributed by atoms with E-state index in [-0.39, 0.29) is 29.0 Å². The van der Waals surface area contributed by atoms with Gasteiger partial charge in [0, 0.05) is 0 Å². The molecule has 0 fully saturated rings. The maximum atomic E-state index is 7.05. The molecule has 16 aromatic carbocycles. The molecular weight excluding hydrogens is 1150 g/mol. The zero-order chi connectivity index (χ0) is 54.5. The van der Waals surface area contributed by atoms with E-state index in [1.165, 1.54) is 136 Å². The summed E-state index contributed by atoms with van der Waals surface area (Å²) in [5, 5.41) is 27.8. The number of para-hydroxylation sites is 4. The molecular formula is C78H42N2O2Se2. The predicted molar refractivity (Wildman–Crippen MR) is 357 cm³/mol. The zero-order valence-corrected chi connectivity index (χ0v) is 48.2. The van der Waals surface area contributed by atoms with Crippen LogP contribution in [0.25, 0.3) is 136 Å². The first-order valence-corrected chi connectivity index (χ1v) is 32.0. The van der Waals surface area contributed by atoms with Crippen LogP contribution in [0.15, 0.2) is 255 Å². The molecule has 388 valence electrons. The van der Waals surface area contributed by atoms with Gasteiger partial charge in [0.05, 0.1) is 0 Å². The molecule has 0 N–H and O–H groups in total. The first kappa shape index (κ1) is 45.7. The first-order chi connectivity index (χ1) is 41.6. The number of ether oxygens (including phenoxy) is 2. The predicted octanol–water partition coefficient (Wildman–Crippen LogP) is 21.9. The average Bonchev–Trinajstić information content (AvgIpc) is 2.07. The van der Waals surface area contributed by atoms with Gasteiger partial charge in [0.15, 0.2) is 0 Å². The number of rotatable bonds is 2. The van der Waals surface area contributed by atoms with Gasteiger partial charge in [-0.05, 0) is 0 Å². The molecule has 0 aliphatic carbocycles. The molecule has 0 spiro atoms. The minimum absolute atomic E-state index is 0.0917. The van der Waals surface area contributed by atoms with Crippen molar-refractivity contribution in [3.8, 4) is 23.0 Å². The van der Waals surface area contributed by atoms with Gasteiger partial charge >= 0.3 is 496 Å². The molecule has 0 bridgehead atoms. The molecule has 2 aliphatic heterocycles. The van der Waals surface area contributed by atoms with E-state index in [1.807, 2.05) is 0 Å². The summed E-state index contributed by atoms with van der Waals surface area (Å²) in [6, 6.07) is 95.1. The fourth-order valence-corrected chi connectivity index (χ4v) is 19.4. The van der Waals surface area contributed by atoms with Gasteiger partial charge in [-0.1, -0.05) is 0 Å². The van der Waals surface area contributed by atoms with E-state index in [9.17, 15) is 0 Å². The van der Waals surface area contributed by atoms with E-state index in [0.29, 0.717) is 0 Å². The molecule has 0 radical (unpaired) electrons. The number of anilines is 6. The SMILES string of the molecule is c1ccc2c(c1)Oc1cc3c(cc1N2c1cc2c4ccccc4c(N4c5ccccc5Oc5cc6c(cc54)[se]c4ccc5c7ccc8ccccc8c7ccc5c46)cc2c2ccccc12)[se]c1ccc2c4ccc5ccccc5c4ccc2c13. The van der Waals surface area contributed by atoms with Crippen molar-refractivity contribution in [2.45, 2.75) is 0 Å². The second-order valence-corrected chi connectivity index (χ2v) is 27.1. The summed E-state index contributed by atoms with van der Waals surface area (Å²) in [5.74, 6) is 3.40. The Labute approximate surface area is 492 Å². The van der Waals surface area contributed by atoms with Crippen molar-refractivity contribution in [2.75, 3.05) is 9.80 Å². The second-order valence-electron chi connectivity index (χ2n) is 22.6. The standard InChI is InChI=1S/C78H42N2O2Se2/c1-3-15-45-43(13-1)25-27-51-49(45)29-31-57-53(51)33-35-73-77(57)61-39-71-67(41-75(61)83-73)79(63-21-9-11-23-69(63)81-71)65-37-59-48-18-6-8-20-56(48)66(38-60(59)47-17-5-7-19-55(47)65)80-64-22-10-12-24-70(64)82-72-40-62-76(42-68(72)80)84-74-36-34-54-52-28-26-44-14-2-4-16-46(44)50(52)30-32-58(54)78(62)74/h1-42H. The molecule has 2 aromatic heterocycles. The van der Waals surface area contributed by atoms with E-state index >= 15 is 0 Å². The van der Waals surface area contributed by atoms with Gasteiger partial charge in [-0.3, -0.25) is 0 Å². The first-order valence-electron chi connectivity index (χ1n) is 28.6. The van der Waals surface area contributed by atoms with E-state index in [0.717, 1.165) is 57.1 Å². The van der Waals surface area contributed by atoms with Crippen LogP contribution in [0.5, 0.6) is 23.0 Å². The van der Waals surface area contributed by atoms with Crippen molar-refractivity contribution in [2.24, 2.45) is 0 Å². The van der Waals surface area contributed by atoms with E-state index in [1.54, 1.807) is 0 Å². The Morgan fingerprint density at radius 3 is 1.02 bits per heavy atom. The van der Waals surface area contributed by atoms with E-state index in [2.05, 4.69) is 265 Å². The molecule has 0 saturated carbocycles. The van der Waals surface area contributed by atoms with Gasteiger partial charge in [-0.15, -0.1) is 0 Å². The normalized spacial score (nSPS) is 13.1. The molecule has 0 saturated heterocycles. The van der Waals surface area contributed by atoms with Gasteiger partial charge in [0.2, 0.25) is 0 Å². The van der Waals surface area contributed by atoms with Gasteiger partial charge in [0.25, 0.3) is 0 Å². The molecule has 2 aliphatic rings. The molecule has 84 heavy (non-hydrogen) atoms. The summed E-state index contributed by atoms with van der Waals surface area (Å²) in [7, 11) is 0. The fourth-order valence-electron chi connectivity index (χ4n) is 14.7. The Balaban J connectivity index is 0.786. The van der Waals surface area contributed by atoms with E-state index in [4.69, 9.17) is 9.47 Å². The number of hydrogen-bond donors (Lipinski definition) is 0. The summed E-state index contributed by atoms with van der Waals surface area (Å²) >= 11 is 0.183. The molecule has 20 rings (SSSR count). The molecule has 0 atom stereocenters. The molecule has 4 nitrogen and oxygen atoms in total. The van der Waals surface area contributed by atoms with E-state index < -0.39 is 0 Å². The van der Waals surface area contributed by atoms with Crippen LogP contribution in [0.4, 0.5) is 34.1 Å². The van der Waals surface area contributed by atoms with Gasteiger partial charge < -0.3 is 0 Å². The number of fused-ring (bicyclic) bond motifs is 27. The third kappa shape index (κ3) is 6.22. The Bertz CT molecular complexity index is 5670. The summed E-state index contributed by atoms with van der Waals surface area (Å²) in [6.07, 6.45) is 0. The molecule has 4 heterocycles. The molecule has 0 unspecified atom stereocenters. The monoisotopic (exact) mass is 1200 g/mol. The second kappa shape index (κ2) is 16.9. The van der Waals surface area contributed by atoms with Crippen molar-refractivity contribution in [1.29, 1.82) is 0 Å². The Kier molecular flexibility index (Phi) is 9.17.